The lowest BCUT2D eigenvalue weighted by Gasteiger charge is -2.41. The van der Waals surface area contributed by atoms with Gasteiger partial charge < -0.3 is 25.2 Å². The van der Waals surface area contributed by atoms with Gasteiger partial charge in [0.25, 0.3) is 0 Å². The molecule has 0 radical (unpaired) electrons. The van der Waals surface area contributed by atoms with E-state index in [1.165, 1.54) is 0 Å². The van der Waals surface area contributed by atoms with Gasteiger partial charge in [-0.25, -0.2) is 4.79 Å². The number of rotatable bonds is 7. The van der Waals surface area contributed by atoms with Gasteiger partial charge in [0.1, 0.15) is 5.54 Å². The molecule has 2 aliphatic heterocycles. The largest absolute Gasteiger partial charge is 0.383 e. The van der Waals surface area contributed by atoms with Crippen LogP contribution < -0.4 is 10.6 Å². The molecule has 8 nitrogen and oxygen atoms in total. The number of hydrogen-bond donors (Lipinski definition) is 2. The van der Waals surface area contributed by atoms with E-state index in [0.717, 1.165) is 18.4 Å². The second-order valence-corrected chi connectivity index (χ2v) is 8.40. The third kappa shape index (κ3) is 4.50. The van der Waals surface area contributed by atoms with E-state index >= 15 is 0 Å². The smallest absolute Gasteiger partial charge is 0.319 e. The summed E-state index contributed by atoms with van der Waals surface area (Å²) in [6.45, 7) is 5.46. The van der Waals surface area contributed by atoms with Crippen LogP contribution in [0.15, 0.2) is 43.0 Å². The molecule has 32 heavy (non-hydrogen) atoms. The molecule has 2 N–H and O–H groups in total. The van der Waals surface area contributed by atoms with E-state index < -0.39 is 17.5 Å². The highest BCUT2D eigenvalue weighted by molar-refractivity contribution is 5.94. The number of ether oxygens (including phenoxy) is 1. The molecule has 1 aromatic carbocycles. The second-order valence-electron chi connectivity index (χ2n) is 8.40. The lowest BCUT2D eigenvalue weighted by molar-refractivity contribution is -0.142. The first-order chi connectivity index (χ1) is 15.5. The Bertz CT molecular complexity index is 831. The van der Waals surface area contributed by atoms with Gasteiger partial charge in [-0.2, -0.15) is 0 Å². The number of hydrogen-bond acceptors (Lipinski definition) is 4. The van der Waals surface area contributed by atoms with Crippen molar-refractivity contribution >= 4 is 17.8 Å². The van der Waals surface area contributed by atoms with E-state index in [0.29, 0.717) is 26.1 Å². The van der Waals surface area contributed by atoms with Gasteiger partial charge in [0.05, 0.1) is 18.6 Å². The van der Waals surface area contributed by atoms with E-state index in [1.807, 2.05) is 30.3 Å². The standard InChI is InChI=1S/C24H34N4O4/c1-4-13-26-23(31)28-20(18-10-6-5-7-11-18)19(21(29)25-2)17-24(28)12-8-9-14-27(22(24)30)15-16-32-3/h4-7,10-11,19-20H,1,8-9,12-17H2,2-3H3,(H,25,29)(H,26,31)/t19-,20-,24-/m0/s1. The Morgan fingerprint density at radius 2 is 2.03 bits per heavy atom. The Morgan fingerprint density at radius 1 is 1.28 bits per heavy atom. The molecule has 8 heteroatoms. The van der Waals surface area contributed by atoms with Crippen LogP contribution in [0.2, 0.25) is 0 Å². The molecule has 0 unspecified atom stereocenters. The first kappa shape index (κ1) is 23.8. The molecule has 0 aromatic heterocycles. The van der Waals surface area contributed by atoms with Gasteiger partial charge in [-0.1, -0.05) is 36.4 Å². The number of carbonyl (C=O) groups is 3. The van der Waals surface area contributed by atoms with Crippen LogP contribution in [-0.4, -0.2) is 73.6 Å². The predicted molar refractivity (Wildman–Crippen MR) is 122 cm³/mol. The molecule has 2 aliphatic rings. The Kier molecular flexibility index (Phi) is 7.90. The minimum atomic E-state index is -1.09. The Balaban J connectivity index is 2.13. The molecule has 2 saturated heterocycles. The lowest BCUT2D eigenvalue weighted by Crippen LogP contribution is -2.60. The van der Waals surface area contributed by atoms with Crippen molar-refractivity contribution in [2.24, 2.45) is 5.92 Å². The summed E-state index contributed by atoms with van der Waals surface area (Å²) >= 11 is 0. The molecular formula is C24H34N4O4. The van der Waals surface area contributed by atoms with Crippen molar-refractivity contribution in [3.8, 4) is 0 Å². The highest BCUT2D eigenvalue weighted by atomic mass is 16.5. The fraction of sp³-hybridized carbons (Fsp3) is 0.542. The van der Waals surface area contributed by atoms with Crippen molar-refractivity contribution in [3.05, 3.63) is 48.6 Å². The third-order valence-corrected chi connectivity index (χ3v) is 6.54. The average molecular weight is 443 g/mol. The first-order valence-corrected chi connectivity index (χ1v) is 11.2. The van der Waals surface area contributed by atoms with Crippen molar-refractivity contribution in [1.82, 2.24) is 20.4 Å². The van der Waals surface area contributed by atoms with Gasteiger partial charge in [-0.15, -0.1) is 6.58 Å². The van der Waals surface area contributed by atoms with Crippen molar-refractivity contribution in [2.45, 2.75) is 37.3 Å². The van der Waals surface area contributed by atoms with Crippen LogP contribution in [0.25, 0.3) is 0 Å². The number of benzene rings is 1. The lowest BCUT2D eigenvalue weighted by atomic mass is 9.85. The van der Waals surface area contributed by atoms with Crippen molar-refractivity contribution < 1.29 is 19.1 Å². The van der Waals surface area contributed by atoms with E-state index in [4.69, 9.17) is 4.74 Å². The zero-order chi connectivity index (χ0) is 23.1. The maximum absolute atomic E-state index is 14.0. The summed E-state index contributed by atoms with van der Waals surface area (Å²) in [7, 11) is 3.20. The second kappa shape index (κ2) is 10.6. The molecule has 0 saturated carbocycles. The minimum Gasteiger partial charge on any atom is -0.383 e. The van der Waals surface area contributed by atoms with E-state index in [2.05, 4.69) is 17.2 Å². The molecule has 0 aliphatic carbocycles. The summed E-state index contributed by atoms with van der Waals surface area (Å²) < 4.78 is 5.22. The number of nitrogens with zero attached hydrogens (tertiary/aromatic N) is 2. The predicted octanol–water partition coefficient (Wildman–Crippen LogP) is 2.09. The molecule has 2 fully saturated rings. The molecule has 0 bridgehead atoms. The number of likely N-dealkylation sites (tertiary alicyclic amines) is 2. The van der Waals surface area contributed by atoms with Crippen LogP contribution in [0.5, 0.6) is 0 Å². The molecule has 1 spiro atoms. The molecule has 3 rings (SSSR count). The topological polar surface area (TPSA) is 91.0 Å². The number of amides is 4. The van der Waals surface area contributed by atoms with Crippen LogP contribution in [0, 0.1) is 5.92 Å². The quantitative estimate of drug-likeness (QED) is 0.633. The maximum Gasteiger partial charge on any atom is 0.319 e. The van der Waals surface area contributed by atoms with Gasteiger partial charge >= 0.3 is 6.03 Å². The Hall–Kier alpha value is -2.87. The normalized spacial score (nSPS) is 25.5. The van der Waals surface area contributed by atoms with Crippen LogP contribution >= 0.6 is 0 Å². The summed E-state index contributed by atoms with van der Waals surface area (Å²) in [5.74, 6) is -0.811. The zero-order valence-electron chi connectivity index (χ0n) is 19.0. The summed E-state index contributed by atoms with van der Waals surface area (Å²) in [5, 5.41) is 5.61. The van der Waals surface area contributed by atoms with E-state index in [-0.39, 0.29) is 30.8 Å². The van der Waals surface area contributed by atoms with Crippen LogP contribution in [0.1, 0.15) is 37.3 Å². The monoisotopic (exact) mass is 442 g/mol. The fourth-order valence-corrected chi connectivity index (χ4v) is 5.09. The van der Waals surface area contributed by atoms with Gasteiger partial charge in [-0.3, -0.25) is 9.59 Å². The SMILES string of the molecule is C=CCNC(=O)N1[C@@H](c2ccccc2)[C@@H](C(=O)NC)C[C@]12CCCCN(CCOC)C2=O. The third-order valence-electron chi connectivity index (χ3n) is 6.54. The van der Waals surface area contributed by atoms with E-state index in [1.54, 1.807) is 30.0 Å². The molecule has 3 atom stereocenters. The molecule has 174 valence electrons. The maximum atomic E-state index is 14.0. The number of nitrogens with one attached hydrogen (secondary N) is 2. The van der Waals surface area contributed by atoms with Gasteiger partial charge in [0, 0.05) is 33.8 Å². The minimum absolute atomic E-state index is 0.104. The van der Waals surface area contributed by atoms with Crippen LogP contribution in [-0.2, 0) is 14.3 Å². The number of urea groups is 1. The molecule has 4 amide bonds. The average Bonchev–Trinajstić information content (AvgIpc) is 3.09. The fourth-order valence-electron chi connectivity index (χ4n) is 5.09. The molecule has 1 aromatic rings. The summed E-state index contributed by atoms with van der Waals surface area (Å²) in [4.78, 5) is 44.0. The molecule has 2 heterocycles. The van der Waals surface area contributed by atoms with Crippen molar-refractivity contribution in [1.29, 1.82) is 0 Å². The highest BCUT2D eigenvalue weighted by Gasteiger charge is 2.61. The summed E-state index contributed by atoms with van der Waals surface area (Å²) in [5.41, 5.74) is -0.250. The van der Waals surface area contributed by atoms with Crippen LogP contribution in [0.3, 0.4) is 0 Å². The van der Waals surface area contributed by atoms with Gasteiger partial charge in [0.2, 0.25) is 11.8 Å². The van der Waals surface area contributed by atoms with Crippen LogP contribution in [0.4, 0.5) is 4.79 Å². The summed E-state index contributed by atoms with van der Waals surface area (Å²) in [6.07, 6.45) is 4.06. The van der Waals surface area contributed by atoms with Crippen molar-refractivity contribution in [3.63, 3.8) is 0 Å². The highest BCUT2D eigenvalue weighted by Crippen LogP contribution is 2.50. The summed E-state index contributed by atoms with van der Waals surface area (Å²) in [6, 6.07) is 8.60. The first-order valence-electron chi connectivity index (χ1n) is 11.2. The zero-order valence-corrected chi connectivity index (χ0v) is 19.0. The Labute approximate surface area is 190 Å². The molecular weight excluding hydrogens is 408 g/mol. The van der Waals surface area contributed by atoms with E-state index in [9.17, 15) is 14.4 Å². The van der Waals surface area contributed by atoms with Gasteiger partial charge in [0.15, 0.2) is 0 Å². The number of methoxy groups -OCH3 is 1. The van der Waals surface area contributed by atoms with Gasteiger partial charge in [-0.05, 0) is 31.2 Å². The number of carbonyl (C=O) groups excluding carboxylic acids is 3. The van der Waals surface area contributed by atoms with Crippen molar-refractivity contribution in [2.75, 3.05) is 40.4 Å². The Morgan fingerprint density at radius 3 is 2.69 bits per heavy atom.